The molecule has 0 spiro atoms. The number of aromatic nitrogens is 1. The zero-order valence-electron chi connectivity index (χ0n) is 10.5. The maximum absolute atomic E-state index is 9.88. The lowest BCUT2D eigenvalue weighted by molar-refractivity contribution is -0.0352. The molecule has 4 nitrogen and oxygen atoms in total. The Kier molecular flexibility index (Phi) is 3.75. The van der Waals surface area contributed by atoms with Crippen molar-refractivity contribution in [1.29, 1.82) is 5.41 Å². The molecule has 0 saturated carbocycles. The summed E-state index contributed by atoms with van der Waals surface area (Å²) in [6, 6.07) is 3.87. The Hall–Kier alpha value is -1.29. The van der Waals surface area contributed by atoms with Gasteiger partial charge in [0.25, 0.3) is 0 Å². The molecule has 1 heterocycles. The number of rotatable bonds is 4. The van der Waals surface area contributed by atoms with Gasteiger partial charge in [0.15, 0.2) is 0 Å². The quantitative estimate of drug-likeness (QED) is 0.468. The first-order chi connectivity index (χ1) is 7.38. The van der Waals surface area contributed by atoms with Crippen LogP contribution in [0.2, 0.25) is 0 Å². The monoisotopic (exact) mass is 223 g/mol. The Morgan fingerprint density at radius 2 is 2.19 bits per heavy atom. The molecule has 0 aliphatic rings. The van der Waals surface area contributed by atoms with Gasteiger partial charge < -0.3 is 4.57 Å². The van der Waals surface area contributed by atoms with Crippen molar-refractivity contribution in [2.75, 3.05) is 0 Å². The molecule has 0 fully saturated rings. The Morgan fingerprint density at radius 1 is 1.56 bits per heavy atom. The number of hydrogen-bond acceptors (Lipinski definition) is 2. The van der Waals surface area contributed by atoms with Crippen LogP contribution in [-0.4, -0.2) is 20.7 Å². The molecule has 1 aromatic rings. The highest BCUT2D eigenvalue weighted by atomic mass is 16.5. The summed E-state index contributed by atoms with van der Waals surface area (Å²) in [4.78, 5) is 0. The highest BCUT2D eigenvalue weighted by molar-refractivity contribution is 5.83. The van der Waals surface area contributed by atoms with Gasteiger partial charge in [-0.1, -0.05) is 20.8 Å². The van der Waals surface area contributed by atoms with Gasteiger partial charge >= 0.3 is 0 Å². The molecule has 90 valence electrons. The summed E-state index contributed by atoms with van der Waals surface area (Å²) in [5.74, 6) is 0.260. The lowest BCUT2D eigenvalue weighted by Crippen LogP contribution is -2.37. The summed E-state index contributed by atoms with van der Waals surface area (Å²) in [6.07, 6.45) is 2.76. The maximum atomic E-state index is 9.88. The number of hydrogen-bond donors (Lipinski definition) is 2. The largest absolute Gasteiger partial charge is 0.353 e. The molecule has 1 aromatic heterocycles. The Balaban J connectivity index is 2.70. The van der Waals surface area contributed by atoms with Crippen molar-refractivity contribution in [3.8, 4) is 0 Å². The van der Waals surface area contributed by atoms with E-state index in [1.54, 1.807) is 0 Å². The van der Waals surface area contributed by atoms with Gasteiger partial charge in [-0.2, -0.15) is 0 Å². The van der Waals surface area contributed by atoms with E-state index in [4.69, 9.17) is 5.41 Å². The SMILES string of the molecule is CCC(C)(C)C(=N)N(O)Cc1cccn1C. The van der Waals surface area contributed by atoms with Crippen LogP contribution in [0.1, 0.15) is 32.9 Å². The lowest BCUT2D eigenvalue weighted by Gasteiger charge is -2.29. The normalized spacial score (nSPS) is 11.6. The minimum Gasteiger partial charge on any atom is -0.353 e. The van der Waals surface area contributed by atoms with Gasteiger partial charge in [-0.3, -0.25) is 10.6 Å². The van der Waals surface area contributed by atoms with Crippen molar-refractivity contribution in [1.82, 2.24) is 9.63 Å². The van der Waals surface area contributed by atoms with Gasteiger partial charge in [0.2, 0.25) is 0 Å². The van der Waals surface area contributed by atoms with Crippen LogP contribution < -0.4 is 0 Å². The molecule has 2 N–H and O–H groups in total. The Labute approximate surface area is 97.0 Å². The van der Waals surface area contributed by atoms with Gasteiger partial charge in [-0.25, -0.2) is 5.06 Å². The Bertz CT molecular complexity index is 368. The molecular formula is C12H21N3O. The molecule has 0 aliphatic heterocycles. The van der Waals surface area contributed by atoms with E-state index in [-0.39, 0.29) is 11.3 Å². The molecule has 0 bridgehead atoms. The van der Waals surface area contributed by atoms with Crippen molar-refractivity contribution in [3.63, 3.8) is 0 Å². The zero-order valence-corrected chi connectivity index (χ0v) is 10.5. The van der Waals surface area contributed by atoms with E-state index in [9.17, 15) is 5.21 Å². The molecule has 0 radical (unpaired) electrons. The second kappa shape index (κ2) is 4.70. The van der Waals surface area contributed by atoms with Gasteiger partial charge in [0.05, 0.1) is 6.54 Å². The standard InChI is InChI=1S/C12H21N3O/c1-5-12(2,3)11(13)15(16)9-10-7-6-8-14(10)4/h6-8,13,16H,5,9H2,1-4H3. The fourth-order valence-electron chi connectivity index (χ4n) is 1.41. The topological polar surface area (TPSA) is 52.3 Å². The van der Waals surface area contributed by atoms with Crippen LogP contribution in [0.25, 0.3) is 0 Å². The van der Waals surface area contributed by atoms with Crippen LogP contribution >= 0.6 is 0 Å². The number of amidine groups is 1. The average Bonchev–Trinajstić information content (AvgIpc) is 2.63. The molecule has 0 unspecified atom stereocenters. The summed E-state index contributed by atoms with van der Waals surface area (Å²) in [5.41, 5.74) is 0.694. The van der Waals surface area contributed by atoms with Crippen LogP contribution in [0.3, 0.4) is 0 Å². The minimum atomic E-state index is -0.292. The first-order valence-corrected chi connectivity index (χ1v) is 5.54. The highest BCUT2D eigenvalue weighted by Gasteiger charge is 2.26. The fourth-order valence-corrected chi connectivity index (χ4v) is 1.41. The highest BCUT2D eigenvalue weighted by Crippen LogP contribution is 2.23. The van der Waals surface area contributed by atoms with Gasteiger partial charge in [0.1, 0.15) is 5.84 Å². The average molecular weight is 223 g/mol. The zero-order chi connectivity index (χ0) is 12.3. The van der Waals surface area contributed by atoms with Crippen LogP contribution in [0.15, 0.2) is 18.3 Å². The molecule has 16 heavy (non-hydrogen) atoms. The third-order valence-electron chi connectivity index (χ3n) is 3.15. The second-order valence-electron chi connectivity index (χ2n) is 4.75. The third kappa shape index (κ3) is 2.64. The van der Waals surface area contributed by atoms with E-state index >= 15 is 0 Å². The van der Waals surface area contributed by atoms with E-state index in [1.807, 2.05) is 50.7 Å². The van der Waals surface area contributed by atoms with Gasteiger partial charge in [-0.05, 0) is 18.6 Å². The number of nitrogens with zero attached hydrogens (tertiary/aromatic N) is 2. The summed E-state index contributed by atoms with van der Waals surface area (Å²) < 4.78 is 1.94. The Morgan fingerprint density at radius 3 is 2.62 bits per heavy atom. The summed E-state index contributed by atoms with van der Waals surface area (Å²) >= 11 is 0. The van der Waals surface area contributed by atoms with E-state index < -0.39 is 0 Å². The van der Waals surface area contributed by atoms with Crippen molar-refractivity contribution in [2.45, 2.75) is 33.7 Å². The second-order valence-corrected chi connectivity index (χ2v) is 4.75. The summed E-state index contributed by atoms with van der Waals surface area (Å²) in [6.45, 7) is 6.30. The summed E-state index contributed by atoms with van der Waals surface area (Å²) in [7, 11) is 1.93. The van der Waals surface area contributed by atoms with Crippen molar-refractivity contribution < 1.29 is 5.21 Å². The maximum Gasteiger partial charge on any atom is 0.126 e. The predicted octanol–water partition coefficient (Wildman–Crippen LogP) is 2.63. The molecule has 0 amide bonds. The molecule has 0 saturated heterocycles. The van der Waals surface area contributed by atoms with Crippen molar-refractivity contribution in [2.24, 2.45) is 12.5 Å². The van der Waals surface area contributed by atoms with E-state index in [2.05, 4.69) is 0 Å². The predicted molar refractivity (Wildman–Crippen MR) is 64.5 cm³/mol. The van der Waals surface area contributed by atoms with Crippen LogP contribution in [0, 0.1) is 10.8 Å². The minimum absolute atomic E-state index is 0.260. The number of hydroxylamine groups is 2. The van der Waals surface area contributed by atoms with Crippen LogP contribution in [0.4, 0.5) is 0 Å². The fraction of sp³-hybridized carbons (Fsp3) is 0.583. The molecule has 0 aromatic carbocycles. The van der Waals surface area contributed by atoms with Crippen LogP contribution in [0.5, 0.6) is 0 Å². The van der Waals surface area contributed by atoms with Gasteiger partial charge in [0, 0.05) is 24.4 Å². The van der Waals surface area contributed by atoms with E-state index in [1.165, 1.54) is 0 Å². The smallest absolute Gasteiger partial charge is 0.126 e. The van der Waals surface area contributed by atoms with Gasteiger partial charge in [-0.15, -0.1) is 0 Å². The van der Waals surface area contributed by atoms with Crippen LogP contribution in [-0.2, 0) is 13.6 Å². The molecule has 4 heteroatoms. The van der Waals surface area contributed by atoms with Crippen molar-refractivity contribution in [3.05, 3.63) is 24.0 Å². The van der Waals surface area contributed by atoms with Crippen molar-refractivity contribution >= 4 is 5.84 Å². The molecule has 0 aliphatic carbocycles. The lowest BCUT2D eigenvalue weighted by atomic mass is 9.88. The molecular weight excluding hydrogens is 202 g/mol. The molecule has 1 rings (SSSR count). The number of aryl methyl sites for hydroxylation is 1. The van der Waals surface area contributed by atoms with E-state index in [0.717, 1.165) is 17.2 Å². The first kappa shape index (κ1) is 12.8. The number of nitrogens with one attached hydrogen (secondary N) is 1. The van der Waals surface area contributed by atoms with E-state index in [0.29, 0.717) is 6.54 Å². The summed E-state index contributed by atoms with van der Waals surface area (Å²) in [5, 5.41) is 18.8. The molecule has 0 atom stereocenters. The first-order valence-electron chi connectivity index (χ1n) is 5.54. The third-order valence-corrected chi connectivity index (χ3v) is 3.15.